The van der Waals surface area contributed by atoms with Gasteiger partial charge in [-0.2, -0.15) is 0 Å². The van der Waals surface area contributed by atoms with Crippen molar-refractivity contribution < 1.29 is 0 Å². The Labute approximate surface area is 179 Å². The number of fused-ring (bicyclic) bond motifs is 3. The van der Waals surface area contributed by atoms with Gasteiger partial charge in [0.05, 0.1) is 11.0 Å². The van der Waals surface area contributed by atoms with Crippen molar-refractivity contribution in [3.8, 4) is 0 Å². The van der Waals surface area contributed by atoms with Gasteiger partial charge in [-0.25, -0.2) is 9.97 Å². The SMILES string of the molecule is CCCC(CCC)c1nc2c(Nc3ccc(I)cc3)nc3ccccc3c2[nH]1. The molecule has 2 aromatic carbocycles. The van der Waals surface area contributed by atoms with E-state index in [1.165, 1.54) is 3.57 Å². The first kappa shape index (κ1) is 19.2. The fourth-order valence-corrected chi connectivity index (χ4v) is 4.14. The first-order valence-electron chi connectivity index (χ1n) is 10.0. The molecule has 0 atom stereocenters. The zero-order valence-electron chi connectivity index (χ0n) is 16.3. The van der Waals surface area contributed by atoms with Crippen LogP contribution in [0.25, 0.3) is 21.9 Å². The van der Waals surface area contributed by atoms with Crippen LogP contribution in [0.3, 0.4) is 0 Å². The zero-order valence-corrected chi connectivity index (χ0v) is 18.5. The summed E-state index contributed by atoms with van der Waals surface area (Å²) in [6.07, 6.45) is 4.63. The highest BCUT2D eigenvalue weighted by Crippen LogP contribution is 2.33. The molecule has 0 saturated heterocycles. The van der Waals surface area contributed by atoms with Crippen molar-refractivity contribution in [2.45, 2.75) is 45.4 Å². The maximum absolute atomic E-state index is 5.03. The van der Waals surface area contributed by atoms with Crippen LogP contribution in [0, 0.1) is 3.57 Å². The third-order valence-electron chi connectivity index (χ3n) is 5.12. The average molecular weight is 484 g/mol. The third-order valence-corrected chi connectivity index (χ3v) is 5.84. The van der Waals surface area contributed by atoms with Crippen LogP contribution in [0.5, 0.6) is 0 Å². The van der Waals surface area contributed by atoms with Gasteiger partial charge in [0.2, 0.25) is 0 Å². The predicted molar refractivity (Wildman–Crippen MR) is 126 cm³/mol. The maximum atomic E-state index is 5.03. The molecular formula is C23H25IN4. The molecule has 2 heterocycles. The van der Waals surface area contributed by atoms with Crippen molar-refractivity contribution in [2.75, 3.05) is 5.32 Å². The summed E-state index contributed by atoms with van der Waals surface area (Å²) in [5, 5.41) is 4.61. The highest BCUT2D eigenvalue weighted by molar-refractivity contribution is 14.1. The number of para-hydroxylation sites is 1. The first-order chi connectivity index (χ1) is 13.7. The van der Waals surface area contributed by atoms with Crippen molar-refractivity contribution in [2.24, 2.45) is 0 Å². The Morgan fingerprint density at radius 3 is 2.39 bits per heavy atom. The van der Waals surface area contributed by atoms with E-state index in [4.69, 9.17) is 9.97 Å². The molecule has 0 aliphatic heterocycles. The van der Waals surface area contributed by atoms with E-state index in [0.29, 0.717) is 5.92 Å². The number of imidazole rings is 1. The second-order valence-electron chi connectivity index (χ2n) is 7.23. The van der Waals surface area contributed by atoms with Crippen LogP contribution in [0.4, 0.5) is 11.5 Å². The average Bonchev–Trinajstić information content (AvgIpc) is 3.16. The van der Waals surface area contributed by atoms with Gasteiger partial charge in [-0.1, -0.05) is 44.9 Å². The molecule has 5 heteroatoms. The molecule has 28 heavy (non-hydrogen) atoms. The molecular weight excluding hydrogens is 459 g/mol. The molecule has 0 saturated carbocycles. The Bertz CT molecular complexity index is 1080. The number of nitrogens with one attached hydrogen (secondary N) is 2. The summed E-state index contributed by atoms with van der Waals surface area (Å²) >= 11 is 2.32. The number of nitrogens with zero attached hydrogens (tertiary/aromatic N) is 2. The van der Waals surface area contributed by atoms with Crippen molar-refractivity contribution in [1.82, 2.24) is 15.0 Å². The van der Waals surface area contributed by atoms with Crippen LogP contribution in [0.1, 0.15) is 51.3 Å². The van der Waals surface area contributed by atoms with E-state index < -0.39 is 0 Å². The van der Waals surface area contributed by atoms with Crippen LogP contribution in [0.15, 0.2) is 48.5 Å². The van der Waals surface area contributed by atoms with Crippen LogP contribution in [-0.4, -0.2) is 15.0 Å². The molecule has 0 unspecified atom stereocenters. The van der Waals surface area contributed by atoms with E-state index in [2.05, 4.69) is 89.2 Å². The van der Waals surface area contributed by atoms with Crippen LogP contribution < -0.4 is 5.32 Å². The summed E-state index contributed by atoms with van der Waals surface area (Å²) in [6.45, 7) is 4.48. The Morgan fingerprint density at radius 2 is 1.68 bits per heavy atom. The van der Waals surface area contributed by atoms with Crippen molar-refractivity contribution in [3.05, 3.63) is 57.9 Å². The number of aromatic nitrogens is 3. The zero-order chi connectivity index (χ0) is 19.5. The Kier molecular flexibility index (Phi) is 5.80. The van der Waals surface area contributed by atoms with Crippen molar-refractivity contribution >= 4 is 56.0 Å². The van der Waals surface area contributed by atoms with Crippen LogP contribution >= 0.6 is 22.6 Å². The minimum Gasteiger partial charge on any atom is -0.341 e. The van der Waals surface area contributed by atoms with E-state index in [9.17, 15) is 0 Å². The highest BCUT2D eigenvalue weighted by atomic mass is 127. The Hall–Kier alpha value is -2.15. The molecule has 144 valence electrons. The number of H-pyrrole nitrogens is 1. The normalized spacial score (nSPS) is 11.6. The minimum atomic E-state index is 0.465. The summed E-state index contributed by atoms with van der Waals surface area (Å²) in [7, 11) is 0. The molecule has 4 rings (SSSR count). The van der Waals surface area contributed by atoms with E-state index >= 15 is 0 Å². The number of rotatable bonds is 7. The molecule has 0 aliphatic rings. The summed E-state index contributed by atoms with van der Waals surface area (Å²) in [5.41, 5.74) is 3.99. The lowest BCUT2D eigenvalue weighted by molar-refractivity contribution is 0.539. The lowest BCUT2D eigenvalue weighted by atomic mass is 9.98. The maximum Gasteiger partial charge on any atom is 0.159 e. The number of hydrogen-bond acceptors (Lipinski definition) is 3. The second kappa shape index (κ2) is 8.47. The summed E-state index contributed by atoms with van der Waals surface area (Å²) < 4.78 is 1.21. The van der Waals surface area contributed by atoms with Gasteiger partial charge < -0.3 is 10.3 Å². The molecule has 2 N–H and O–H groups in total. The van der Waals surface area contributed by atoms with E-state index in [1.807, 2.05) is 6.07 Å². The molecule has 0 amide bonds. The van der Waals surface area contributed by atoms with Gasteiger partial charge in [-0.05, 0) is 65.8 Å². The minimum absolute atomic E-state index is 0.465. The van der Waals surface area contributed by atoms with E-state index in [1.54, 1.807) is 0 Å². The number of aromatic amines is 1. The van der Waals surface area contributed by atoms with Gasteiger partial charge in [-0.3, -0.25) is 0 Å². The number of anilines is 2. The van der Waals surface area contributed by atoms with Crippen molar-refractivity contribution in [1.29, 1.82) is 0 Å². The molecule has 0 fully saturated rings. The van der Waals surface area contributed by atoms with Gasteiger partial charge in [0, 0.05) is 20.6 Å². The Balaban J connectivity index is 1.86. The number of benzene rings is 2. The topological polar surface area (TPSA) is 53.6 Å². The largest absolute Gasteiger partial charge is 0.341 e. The van der Waals surface area contributed by atoms with Gasteiger partial charge in [0.15, 0.2) is 5.82 Å². The third kappa shape index (κ3) is 3.85. The monoisotopic (exact) mass is 484 g/mol. The molecule has 4 aromatic rings. The fraction of sp³-hybridized carbons (Fsp3) is 0.304. The van der Waals surface area contributed by atoms with Crippen molar-refractivity contribution in [3.63, 3.8) is 0 Å². The predicted octanol–water partition coefficient (Wildman–Crippen LogP) is 7.14. The lowest BCUT2D eigenvalue weighted by Crippen LogP contribution is -2.00. The van der Waals surface area contributed by atoms with Crippen LogP contribution in [0.2, 0.25) is 0 Å². The molecule has 2 aromatic heterocycles. The first-order valence-corrected chi connectivity index (χ1v) is 11.1. The van der Waals surface area contributed by atoms with E-state index in [0.717, 1.165) is 64.9 Å². The van der Waals surface area contributed by atoms with Gasteiger partial charge in [0.1, 0.15) is 11.3 Å². The molecule has 0 spiro atoms. The summed E-state index contributed by atoms with van der Waals surface area (Å²) in [4.78, 5) is 13.6. The lowest BCUT2D eigenvalue weighted by Gasteiger charge is -2.11. The van der Waals surface area contributed by atoms with E-state index in [-0.39, 0.29) is 0 Å². The second-order valence-corrected chi connectivity index (χ2v) is 8.48. The molecule has 0 aliphatic carbocycles. The highest BCUT2D eigenvalue weighted by Gasteiger charge is 2.18. The molecule has 0 bridgehead atoms. The fourth-order valence-electron chi connectivity index (χ4n) is 3.78. The standard InChI is InChI=1S/C23H25IN4/c1-3-7-15(8-4-2)22-27-20-18-9-5-6-10-19(18)26-23(21(20)28-22)25-17-13-11-16(24)12-14-17/h5-6,9-15H,3-4,7-8H2,1-2H3,(H,25,26)(H,27,28). The number of hydrogen-bond donors (Lipinski definition) is 2. The molecule has 4 nitrogen and oxygen atoms in total. The van der Waals surface area contributed by atoms with Gasteiger partial charge in [0.25, 0.3) is 0 Å². The summed E-state index contributed by atoms with van der Waals surface area (Å²) in [6, 6.07) is 16.6. The quantitative estimate of drug-likeness (QED) is 0.274. The smallest absolute Gasteiger partial charge is 0.159 e. The number of pyridine rings is 1. The van der Waals surface area contributed by atoms with Gasteiger partial charge in [-0.15, -0.1) is 0 Å². The van der Waals surface area contributed by atoms with Crippen LogP contribution in [-0.2, 0) is 0 Å². The molecule has 0 radical (unpaired) electrons. The van der Waals surface area contributed by atoms with Gasteiger partial charge >= 0.3 is 0 Å². The number of halogens is 1. The summed E-state index contributed by atoms with van der Waals surface area (Å²) in [5.74, 6) is 2.36. The Morgan fingerprint density at radius 1 is 0.964 bits per heavy atom.